The first-order chi connectivity index (χ1) is 14.2. The number of anilines is 1. The molecule has 3 heterocycles. The third kappa shape index (κ3) is 5.16. The number of likely N-dealkylation sites (tertiary alicyclic amines) is 1. The fourth-order valence-corrected chi connectivity index (χ4v) is 4.14. The van der Waals surface area contributed by atoms with E-state index in [2.05, 4.69) is 19.8 Å². The van der Waals surface area contributed by atoms with Gasteiger partial charge < -0.3 is 14.5 Å². The van der Waals surface area contributed by atoms with E-state index in [0.717, 1.165) is 63.4 Å². The Morgan fingerprint density at radius 1 is 1.00 bits per heavy atom. The molecule has 2 saturated heterocycles. The highest BCUT2D eigenvalue weighted by Gasteiger charge is 2.29. The number of amides is 1. The Hall–Kier alpha value is -2.38. The zero-order valence-corrected chi connectivity index (χ0v) is 17.2. The average molecular weight is 416 g/mol. The van der Waals surface area contributed by atoms with E-state index in [9.17, 15) is 4.79 Å². The molecule has 0 radical (unpaired) electrons. The first kappa shape index (κ1) is 19.9. The van der Waals surface area contributed by atoms with Crippen molar-refractivity contribution in [1.82, 2.24) is 19.8 Å². The molecule has 8 heteroatoms. The minimum absolute atomic E-state index is 0.208. The Labute approximate surface area is 176 Å². The number of ether oxygens (including phenoxy) is 1. The Morgan fingerprint density at radius 3 is 2.31 bits per heavy atom. The lowest BCUT2D eigenvalue weighted by Gasteiger charge is -2.43. The van der Waals surface area contributed by atoms with Crippen molar-refractivity contribution in [3.8, 4) is 0 Å². The normalized spacial score (nSPS) is 18.7. The Kier molecular flexibility index (Phi) is 6.46. The summed E-state index contributed by atoms with van der Waals surface area (Å²) in [5, 5.41) is 0.279. The fraction of sp³-hybridized carbons (Fsp3) is 0.476. The lowest BCUT2D eigenvalue weighted by molar-refractivity contribution is 0.0664. The second-order valence-electron chi connectivity index (χ2n) is 7.49. The zero-order valence-electron chi connectivity index (χ0n) is 16.4. The van der Waals surface area contributed by atoms with Crippen molar-refractivity contribution in [2.45, 2.75) is 25.5 Å². The number of hydrogen-bond donors (Lipinski definition) is 0. The molecule has 0 bridgehead atoms. The van der Waals surface area contributed by atoms with Gasteiger partial charge in [0.05, 0.1) is 18.1 Å². The largest absolute Gasteiger partial charge is 0.445 e. The molecule has 2 aliphatic heterocycles. The van der Waals surface area contributed by atoms with Crippen LogP contribution < -0.4 is 4.90 Å². The van der Waals surface area contributed by atoms with Crippen LogP contribution in [-0.2, 0) is 11.3 Å². The number of carbonyl (C=O) groups excluding carboxylic acids is 1. The fourth-order valence-electron chi connectivity index (χ4n) is 4.04. The standard InChI is InChI=1S/C21H26ClN5O2/c22-20-23-14-19(15-24-20)26-12-10-25(11-13-26)18-6-8-27(9-7-18)21(28)29-16-17-4-2-1-3-5-17/h1-5,14-15,18H,6-13,16H2. The summed E-state index contributed by atoms with van der Waals surface area (Å²) in [7, 11) is 0. The van der Waals surface area contributed by atoms with E-state index in [1.807, 2.05) is 35.2 Å². The van der Waals surface area contributed by atoms with Crippen molar-refractivity contribution < 1.29 is 9.53 Å². The molecule has 2 fully saturated rings. The predicted molar refractivity (Wildman–Crippen MR) is 112 cm³/mol. The highest BCUT2D eigenvalue weighted by atomic mass is 35.5. The molecule has 1 aromatic carbocycles. The summed E-state index contributed by atoms with van der Waals surface area (Å²) in [5.41, 5.74) is 2.03. The van der Waals surface area contributed by atoms with Crippen molar-refractivity contribution in [3.05, 3.63) is 53.6 Å². The second-order valence-corrected chi connectivity index (χ2v) is 7.83. The van der Waals surface area contributed by atoms with E-state index in [1.165, 1.54) is 0 Å². The maximum atomic E-state index is 12.3. The molecule has 2 aromatic rings. The maximum Gasteiger partial charge on any atom is 0.410 e. The Bertz CT molecular complexity index is 788. The molecule has 0 unspecified atom stereocenters. The van der Waals surface area contributed by atoms with Crippen LogP contribution in [0.15, 0.2) is 42.7 Å². The lowest BCUT2D eigenvalue weighted by atomic mass is 10.0. The van der Waals surface area contributed by atoms with Gasteiger partial charge in [-0.05, 0) is 30.0 Å². The smallest absolute Gasteiger partial charge is 0.410 e. The molecule has 0 N–H and O–H groups in total. The van der Waals surface area contributed by atoms with Crippen LogP contribution in [0.5, 0.6) is 0 Å². The molecule has 7 nitrogen and oxygen atoms in total. The van der Waals surface area contributed by atoms with Gasteiger partial charge in [0.1, 0.15) is 6.61 Å². The van der Waals surface area contributed by atoms with Crippen LogP contribution in [0, 0.1) is 0 Å². The molecule has 1 amide bonds. The first-order valence-corrected chi connectivity index (χ1v) is 10.5. The summed E-state index contributed by atoms with van der Waals surface area (Å²) in [4.78, 5) is 27.2. The van der Waals surface area contributed by atoms with Gasteiger partial charge in [0.15, 0.2) is 0 Å². The summed E-state index contributed by atoms with van der Waals surface area (Å²) in [6.07, 6.45) is 5.34. The number of aromatic nitrogens is 2. The highest BCUT2D eigenvalue weighted by Crippen LogP contribution is 2.21. The molecule has 29 heavy (non-hydrogen) atoms. The molecule has 154 valence electrons. The van der Waals surface area contributed by atoms with E-state index in [1.54, 1.807) is 12.4 Å². The van der Waals surface area contributed by atoms with Crippen molar-refractivity contribution in [2.75, 3.05) is 44.2 Å². The molecule has 0 saturated carbocycles. The van der Waals surface area contributed by atoms with Crippen LogP contribution in [0.2, 0.25) is 5.28 Å². The number of rotatable bonds is 4. The molecule has 2 aliphatic rings. The summed E-state index contributed by atoms with van der Waals surface area (Å²) in [6.45, 7) is 5.75. The van der Waals surface area contributed by atoms with Crippen LogP contribution in [-0.4, -0.2) is 71.2 Å². The minimum atomic E-state index is -0.208. The van der Waals surface area contributed by atoms with Crippen molar-refractivity contribution in [1.29, 1.82) is 0 Å². The van der Waals surface area contributed by atoms with E-state index < -0.39 is 0 Å². The van der Waals surface area contributed by atoms with Crippen molar-refractivity contribution in [3.63, 3.8) is 0 Å². The number of benzene rings is 1. The van der Waals surface area contributed by atoms with Gasteiger partial charge in [-0.2, -0.15) is 0 Å². The number of halogens is 1. The predicted octanol–water partition coefficient (Wildman–Crippen LogP) is 3.05. The van der Waals surface area contributed by atoms with Gasteiger partial charge in [0, 0.05) is 45.3 Å². The molecular weight excluding hydrogens is 390 g/mol. The van der Waals surface area contributed by atoms with E-state index in [-0.39, 0.29) is 11.4 Å². The third-order valence-corrected chi connectivity index (χ3v) is 5.93. The van der Waals surface area contributed by atoms with Gasteiger partial charge in [0.25, 0.3) is 0 Å². The number of carbonyl (C=O) groups is 1. The summed E-state index contributed by atoms with van der Waals surface area (Å²) in [6, 6.07) is 10.3. The number of piperidine rings is 1. The number of hydrogen-bond acceptors (Lipinski definition) is 6. The van der Waals surface area contributed by atoms with E-state index in [4.69, 9.17) is 16.3 Å². The Morgan fingerprint density at radius 2 is 1.66 bits per heavy atom. The SMILES string of the molecule is O=C(OCc1ccccc1)N1CCC(N2CCN(c3cnc(Cl)nc3)CC2)CC1. The van der Waals surface area contributed by atoms with Crippen molar-refractivity contribution in [2.24, 2.45) is 0 Å². The summed E-state index contributed by atoms with van der Waals surface area (Å²) < 4.78 is 5.47. The van der Waals surface area contributed by atoms with Gasteiger partial charge >= 0.3 is 6.09 Å². The van der Waals surface area contributed by atoms with E-state index in [0.29, 0.717) is 12.6 Å². The maximum absolute atomic E-state index is 12.3. The molecule has 1 aromatic heterocycles. The monoisotopic (exact) mass is 415 g/mol. The Balaban J connectivity index is 1.20. The van der Waals surface area contributed by atoms with Crippen LogP contribution >= 0.6 is 11.6 Å². The zero-order chi connectivity index (χ0) is 20.1. The number of nitrogens with zero attached hydrogens (tertiary/aromatic N) is 5. The van der Waals surface area contributed by atoms with Crippen LogP contribution in [0.1, 0.15) is 18.4 Å². The molecule has 0 aliphatic carbocycles. The molecular formula is C21H26ClN5O2. The summed E-state index contributed by atoms with van der Waals surface area (Å²) >= 11 is 5.77. The van der Waals surface area contributed by atoms with Crippen LogP contribution in [0.25, 0.3) is 0 Å². The van der Waals surface area contributed by atoms with Gasteiger partial charge in [-0.15, -0.1) is 0 Å². The van der Waals surface area contributed by atoms with E-state index >= 15 is 0 Å². The topological polar surface area (TPSA) is 61.8 Å². The average Bonchev–Trinajstić information content (AvgIpc) is 2.79. The van der Waals surface area contributed by atoms with Crippen LogP contribution in [0.3, 0.4) is 0 Å². The molecule has 0 spiro atoms. The third-order valence-electron chi connectivity index (χ3n) is 5.73. The summed E-state index contributed by atoms with van der Waals surface area (Å²) in [5.74, 6) is 0. The highest BCUT2D eigenvalue weighted by molar-refractivity contribution is 6.28. The van der Waals surface area contributed by atoms with Gasteiger partial charge in [-0.25, -0.2) is 14.8 Å². The molecule has 0 atom stereocenters. The quantitative estimate of drug-likeness (QED) is 0.715. The second kappa shape index (κ2) is 9.41. The van der Waals surface area contributed by atoms with Gasteiger partial charge in [-0.1, -0.05) is 30.3 Å². The van der Waals surface area contributed by atoms with Crippen LogP contribution in [0.4, 0.5) is 10.5 Å². The van der Waals surface area contributed by atoms with Crippen molar-refractivity contribution >= 4 is 23.4 Å². The van der Waals surface area contributed by atoms with Gasteiger partial charge in [0.2, 0.25) is 5.28 Å². The lowest BCUT2D eigenvalue weighted by Crippen LogP contribution is -2.53. The number of piperazine rings is 1. The van der Waals surface area contributed by atoms with Gasteiger partial charge in [-0.3, -0.25) is 4.90 Å². The first-order valence-electron chi connectivity index (χ1n) is 10.1. The molecule has 4 rings (SSSR count). The minimum Gasteiger partial charge on any atom is -0.445 e.